The third-order valence-corrected chi connectivity index (χ3v) is 3.05. The normalized spacial score (nSPS) is 14.7. The van der Waals surface area contributed by atoms with Crippen molar-refractivity contribution in [3.8, 4) is 0 Å². The first-order valence-electron chi connectivity index (χ1n) is 5.94. The molecule has 18 heavy (non-hydrogen) atoms. The van der Waals surface area contributed by atoms with Crippen LogP contribution in [0.4, 0.5) is 0 Å². The molecule has 1 aromatic heterocycles. The molecule has 0 amide bonds. The number of carbonyl (C=O) groups is 1. The Kier molecular flexibility index (Phi) is 3.76. The number of rotatable bonds is 6. The first-order chi connectivity index (χ1) is 8.63. The van der Waals surface area contributed by atoms with Crippen LogP contribution < -0.4 is 5.56 Å². The maximum absolute atomic E-state index is 12.0. The van der Waals surface area contributed by atoms with Crippen LogP contribution in [0.5, 0.6) is 0 Å². The van der Waals surface area contributed by atoms with Crippen molar-refractivity contribution in [1.29, 1.82) is 0 Å². The van der Waals surface area contributed by atoms with Gasteiger partial charge in [-0.15, -0.1) is 0 Å². The second kappa shape index (κ2) is 5.30. The molecule has 1 N–H and O–H groups in total. The van der Waals surface area contributed by atoms with Crippen LogP contribution in [0.2, 0.25) is 0 Å². The summed E-state index contributed by atoms with van der Waals surface area (Å²) in [4.78, 5) is 27.3. The number of hydrogen-bond acceptors (Lipinski definition) is 4. The molecule has 1 aromatic rings. The fraction of sp³-hybridized carbons (Fsp3) is 0.583. The molecule has 0 radical (unpaired) electrons. The highest BCUT2D eigenvalue weighted by atomic mass is 16.5. The third-order valence-electron chi connectivity index (χ3n) is 3.05. The molecule has 0 saturated heterocycles. The van der Waals surface area contributed by atoms with Crippen molar-refractivity contribution >= 4 is 5.97 Å². The highest BCUT2D eigenvalue weighted by Gasteiger charge is 2.26. The Morgan fingerprint density at radius 3 is 2.89 bits per heavy atom. The molecule has 0 atom stereocenters. The van der Waals surface area contributed by atoms with Crippen molar-refractivity contribution < 1.29 is 14.6 Å². The van der Waals surface area contributed by atoms with Crippen molar-refractivity contribution in [2.45, 2.75) is 25.8 Å². The highest BCUT2D eigenvalue weighted by molar-refractivity contribution is 5.88. The lowest BCUT2D eigenvalue weighted by Crippen LogP contribution is -2.30. The fourth-order valence-electron chi connectivity index (χ4n) is 1.84. The van der Waals surface area contributed by atoms with Crippen LogP contribution in [0.3, 0.4) is 0 Å². The second-order valence-electron chi connectivity index (χ2n) is 4.51. The van der Waals surface area contributed by atoms with Crippen LogP contribution in [0, 0.1) is 5.92 Å². The van der Waals surface area contributed by atoms with Gasteiger partial charge in [-0.1, -0.05) is 0 Å². The van der Waals surface area contributed by atoms with E-state index in [-0.39, 0.29) is 5.56 Å². The molecule has 2 rings (SSSR count). The Bertz CT molecular complexity index is 505. The number of methoxy groups -OCH3 is 1. The summed E-state index contributed by atoms with van der Waals surface area (Å²) in [5.41, 5.74) is -0.283. The SMILES string of the molecule is COCCn1cnc(CC2CC2)c(C(=O)O)c1=O. The minimum atomic E-state index is -1.20. The summed E-state index contributed by atoms with van der Waals surface area (Å²) >= 11 is 0. The average molecular weight is 252 g/mol. The number of hydrogen-bond donors (Lipinski definition) is 1. The lowest BCUT2D eigenvalue weighted by atomic mass is 10.1. The molecule has 0 spiro atoms. The van der Waals surface area contributed by atoms with Gasteiger partial charge in [0.05, 0.1) is 25.2 Å². The molecule has 1 heterocycles. The summed E-state index contributed by atoms with van der Waals surface area (Å²) in [6, 6.07) is 0. The summed E-state index contributed by atoms with van der Waals surface area (Å²) < 4.78 is 6.15. The summed E-state index contributed by atoms with van der Waals surface area (Å²) in [5.74, 6) is -0.709. The zero-order valence-electron chi connectivity index (χ0n) is 10.3. The lowest BCUT2D eigenvalue weighted by molar-refractivity contribution is 0.0691. The molecule has 98 valence electrons. The molecule has 0 unspecified atom stereocenters. The molecule has 0 aliphatic heterocycles. The zero-order chi connectivity index (χ0) is 13.1. The number of ether oxygens (including phenoxy) is 1. The largest absolute Gasteiger partial charge is 0.477 e. The molecule has 1 saturated carbocycles. The predicted molar refractivity (Wildman–Crippen MR) is 63.8 cm³/mol. The number of aromatic nitrogens is 2. The van der Waals surface area contributed by atoms with Gasteiger partial charge in [-0.05, 0) is 25.2 Å². The van der Waals surface area contributed by atoms with Gasteiger partial charge in [0.1, 0.15) is 5.56 Å². The quantitative estimate of drug-likeness (QED) is 0.799. The van der Waals surface area contributed by atoms with E-state index in [0.29, 0.717) is 31.2 Å². The standard InChI is InChI=1S/C12H16N2O4/c1-18-5-4-14-7-13-9(6-8-2-3-8)10(11(14)15)12(16)17/h7-8H,2-6H2,1H3,(H,16,17). The van der Waals surface area contributed by atoms with Gasteiger partial charge in [-0.2, -0.15) is 0 Å². The van der Waals surface area contributed by atoms with Crippen molar-refractivity contribution in [2.24, 2.45) is 5.92 Å². The van der Waals surface area contributed by atoms with Crippen LogP contribution in [0.1, 0.15) is 28.9 Å². The van der Waals surface area contributed by atoms with E-state index < -0.39 is 11.5 Å². The van der Waals surface area contributed by atoms with Gasteiger partial charge in [0.2, 0.25) is 0 Å². The van der Waals surface area contributed by atoms with Gasteiger partial charge in [0.25, 0.3) is 5.56 Å². The van der Waals surface area contributed by atoms with Gasteiger partial charge >= 0.3 is 5.97 Å². The molecule has 1 fully saturated rings. The topological polar surface area (TPSA) is 81.4 Å². The Morgan fingerprint density at radius 2 is 2.33 bits per heavy atom. The van der Waals surface area contributed by atoms with Gasteiger partial charge in [-0.25, -0.2) is 9.78 Å². The van der Waals surface area contributed by atoms with E-state index in [1.807, 2.05) is 0 Å². The van der Waals surface area contributed by atoms with Crippen molar-refractivity contribution in [3.05, 3.63) is 27.9 Å². The minimum Gasteiger partial charge on any atom is -0.477 e. The monoisotopic (exact) mass is 252 g/mol. The van der Waals surface area contributed by atoms with E-state index in [1.165, 1.54) is 18.0 Å². The summed E-state index contributed by atoms with van der Waals surface area (Å²) in [7, 11) is 1.53. The van der Waals surface area contributed by atoms with Gasteiger partial charge in [0, 0.05) is 7.11 Å². The van der Waals surface area contributed by atoms with Gasteiger partial charge < -0.3 is 9.84 Å². The molecule has 6 nitrogen and oxygen atoms in total. The van der Waals surface area contributed by atoms with Crippen LogP contribution in [-0.2, 0) is 17.7 Å². The fourth-order valence-corrected chi connectivity index (χ4v) is 1.84. The highest BCUT2D eigenvalue weighted by Crippen LogP contribution is 2.32. The van der Waals surface area contributed by atoms with Gasteiger partial charge in [0.15, 0.2) is 0 Å². The Hall–Kier alpha value is -1.69. The Morgan fingerprint density at radius 1 is 1.61 bits per heavy atom. The number of nitrogens with zero attached hydrogens (tertiary/aromatic N) is 2. The maximum atomic E-state index is 12.0. The number of carboxylic acid groups (broad SMARTS) is 1. The molecule has 6 heteroatoms. The molecule has 0 bridgehead atoms. The van der Waals surface area contributed by atoms with E-state index in [9.17, 15) is 9.59 Å². The minimum absolute atomic E-state index is 0.194. The first kappa shape index (κ1) is 12.8. The van der Waals surface area contributed by atoms with Crippen LogP contribution in [0.15, 0.2) is 11.1 Å². The van der Waals surface area contributed by atoms with E-state index >= 15 is 0 Å². The van der Waals surface area contributed by atoms with E-state index in [4.69, 9.17) is 9.84 Å². The van der Waals surface area contributed by atoms with E-state index in [1.54, 1.807) is 0 Å². The van der Waals surface area contributed by atoms with Gasteiger partial charge in [-0.3, -0.25) is 9.36 Å². The Balaban J connectivity index is 2.33. The van der Waals surface area contributed by atoms with Crippen LogP contribution in [0.25, 0.3) is 0 Å². The summed E-state index contributed by atoms with van der Waals surface area (Å²) in [6.07, 6.45) is 4.18. The van der Waals surface area contributed by atoms with Crippen molar-refractivity contribution in [3.63, 3.8) is 0 Å². The van der Waals surface area contributed by atoms with Crippen LogP contribution in [-0.4, -0.2) is 34.3 Å². The molecule has 1 aliphatic carbocycles. The van der Waals surface area contributed by atoms with E-state index in [0.717, 1.165) is 12.8 Å². The zero-order valence-corrected chi connectivity index (χ0v) is 10.3. The second-order valence-corrected chi connectivity index (χ2v) is 4.51. The molecule has 1 aliphatic rings. The summed E-state index contributed by atoms with van der Waals surface area (Å²) in [6.45, 7) is 0.662. The molecule has 0 aromatic carbocycles. The Labute approximate surface area is 104 Å². The molecular weight excluding hydrogens is 236 g/mol. The number of carboxylic acids is 1. The lowest BCUT2D eigenvalue weighted by Gasteiger charge is -2.08. The summed E-state index contributed by atoms with van der Waals surface area (Å²) in [5, 5.41) is 9.15. The molecular formula is C12H16N2O4. The van der Waals surface area contributed by atoms with Crippen molar-refractivity contribution in [1.82, 2.24) is 9.55 Å². The number of aromatic carboxylic acids is 1. The third kappa shape index (κ3) is 2.76. The predicted octanol–water partition coefficient (Wildman–Crippen LogP) is 0.540. The smallest absolute Gasteiger partial charge is 0.343 e. The average Bonchev–Trinajstić information content (AvgIpc) is 3.11. The van der Waals surface area contributed by atoms with Crippen molar-refractivity contribution in [2.75, 3.05) is 13.7 Å². The maximum Gasteiger partial charge on any atom is 0.343 e. The van der Waals surface area contributed by atoms with Crippen LogP contribution >= 0.6 is 0 Å². The first-order valence-corrected chi connectivity index (χ1v) is 5.94. The van der Waals surface area contributed by atoms with E-state index in [2.05, 4.69) is 4.98 Å².